The van der Waals surface area contributed by atoms with Crippen molar-refractivity contribution >= 4 is 16.6 Å². The summed E-state index contributed by atoms with van der Waals surface area (Å²) >= 11 is 0. The lowest BCUT2D eigenvalue weighted by Gasteiger charge is -2.32. The molecule has 1 aromatic carbocycles. The second-order valence-corrected chi connectivity index (χ2v) is 8.72. The highest BCUT2D eigenvalue weighted by Crippen LogP contribution is 2.25. The van der Waals surface area contributed by atoms with Crippen LogP contribution in [0.3, 0.4) is 0 Å². The maximum Gasteiger partial charge on any atom is 0.142 e. The minimum absolute atomic E-state index is 0.177. The third-order valence-electron chi connectivity index (χ3n) is 5.81. The van der Waals surface area contributed by atoms with Gasteiger partial charge in [0, 0.05) is 55.0 Å². The molecule has 1 fully saturated rings. The van der Waals surface area contributed by atoms with Crippen molar-refractivity contribution in [1.29, 1.82) is 0 Å². The Hall–Kier alpha value is -2.53. The van der Waals surface area contributed by atoms with Gasteiger partial charge in [0.1, 0.15) is 5.78 Å². The monoisotopic (exact) mass is 390 g/mol. The second kappa shape index (κ2) is 8.46. The van der Waals surface area contributed by atoms with Crippen LogP contribution in [0.4, 0.5) is 0 Å². The van der Waals surface area contributed by atoms with Crippen LogP contribution in [-0.4, -0.2) is 45.1 Å². The number of carbonyl (C=O) groups is 1. The van der Waals surface area contributed by atoms with Gasteiger partial charge in [0.25, 0.3) is 0 Å². The SMILES string of the molecule is CC(C)CN1CCC(C(=O)Cc2cc3cc(-c4ccn(C)n4)ccc3cn2)CC1. The van der Waals surface area contributed by atoms with Crippen LogP contribution in [-0.2, 0) is 18.3 Å². The van der Waals surface area contributed by atoms with Gasteiger partial charge in [-0.15, -0.1) is 0 Å². The number of nitrogens with zero attached hydrogens (tertiary/aromatic N) is 4. The molecule has 3 aromatic rings. The van der Waals surface area contributed by atoms with Crippen molar-refractivity contribution in [3.63, 3.8) is 0 Å². The summed E-state index contributed by atoms with van der Waals surface area (Å²) < 4.78 is 1.81. The average Bonchev–Trinajstić information content (AvgIpc) is 3.14. The molecule has 0 N–H and O–H groups in total. The van der Waals surface area contributed by atoms with Crippen LogP contribution in [0.2, 0.25) is 0 Å². The van der Waals surface area contributed by atoms with Crippen molar-refractivity contribution in [2.24, 2.45) is 18.9 Å². The van der Waals surface area contributed by atoms with Gasteiger partial charge in [-0.25, -0.2) is 0 Å². The van der Waals surface area contributed by atoms with E-state index in [1.807, 2.05) is 30.2 Å². The molecule has 0 unspecified atom stereocenters. The molecule has 0 saturated carbocycles. The highest BCUT2D eigenvalue weighted by atomic mass is 16.1. The highest BCUT2D eigenvalue weighted by Gasteiger charge is 2.25. The van der Waals surface area contributed by atoms with Gasteiger partial charge in [-0.1, -0.05) is 26.0 Å². The first kappa shape index (κ1) is 19.8. The normalized spacial score (nSPS) is 16.0. The quantitative estimate of drug-likeness (QED) is 0.635. The van der Waals surface area contributed by atoms with Gasteiger partial charge in [0.2, 0.25) is 0 Å². The molecular formula is C24H30N4O. The molecule has 0 atom stereocenters. The van der Waals surface area contributed by atoms with Gasteiger partial charge in [-0.3, -0.25) is 14.5 Å². The summed E-state index contributed by atoms with van der Waals surface area (Å²) in [5.74, 6) is 1.19. The summed E-state index contributed by atoms with van der Waals surface area (Å²) in [4.78, 5) is 19.9. The number of Topliss-reactive ketones (excluding diaryl/α,β-unsaturated/α-hetero) is 1. The summed E-state index contributed by atoms with van der Waals surface area (Å²) in [5.41, 5.74) is 2.90. The molecule has 3 heterocycles. The fourth-order valence-corrected chi connectivity index (χ4v) is 4.29. The van der Waals surface area contributed by atoms with E-state index in [1.54, 1.807) is 0 Å². The number of carbonyl (C=O) groups excluding carboxylic acids is 1. The van der Waals surface area contributed by atoms with Crippen molar-refractivity contribution < 1.29 is 4.79 Å². The predicted octanol–water partition coefficient (Wildman–Crippen LogP) is 4.11. The van der Waals surface area contributed by atoms with Crippen LogP contribution < -0.4 is 0 Å². The minimum Gasteiger partial charge on any atom is -0.303 e. The number of pyridine rings is 1. The topological polar surface area (TPSA) is 51.0 Å². The Balaban J connectivity index is 1.44. The smallest absolute Gasteiger partial charge is 0.142 e. The summed E-state index contributed by atoms with van der Waals surface area (Å²) in [6.07, 6.45) is 6.21. The fraction of sp³-hybridized carbons (Fsp3) is 0.458. The van der Waals surface area contributed by atoms with Gasteiger partial charge < -0.3 is 4.90 Å². The molecular weight excluding hydrogens is 360 g/mol. The van der Waals surface area contributed by atoms with Gasteiger partial charge >= 0.3 is 0 Å². The first-order chi connectivity index (χ1) is 14.0. The van der Waals surface area contributed by atoms with Gasteiger partial charge in [0.05, 0.1) is 5.69 Å². The Kier molecular flexibility index (Phi) is 5.76. The zero-order valence-electron chi connectivity index (χ0n) is 17.6. The molecule has 0 radical (unpaired) electrons. The second-order valence-electron chi connectivity index (χ2n) is 8.72. The first-order valence-corrected chi connectivity index (χ1v) is 10.6. The molecule has 1 saturated heterocycles. The average molecular weight is 391 g/mol. The van der Waals surface area contributed by atoms with E-state index in [1.165, 1.54) is 0 Å². The zero-order chi connectivity index (χ0) is 20.4. The standard InChI is InChI=1S/C24H30N4O/c1-17(2)16-28-10-6-18(7-11-28)24(29)14-22-13-21-12-19(4-5-20(21)15-25-22)23-8-9-27(3)26-23/h4-5,8-9,12-13,15,17-18H,6-7,10-11,14,16H2,1-3H3. The van der Waals surface area contributed by atoms with Gasteiger partial charge in [-0.05, 0) is 55.4 Å². The van der Waals surface area contributed by atoms with Crippen molar-refractivity contribution in [2.45, 2.75) is 33.1 Å². The third kappa shape index (κ3) is 4.73. The summed E-state index contributed by atoms with van der Waals surface area (Å²) in [6, 6.07) is 10.4. The molecule has 5 heteroatoms. The number of aryl methyl sites for hydroxylation is 1. The van der Waals surface area contributed by atoms with E-state index in [0.717, 1.165) is 60.2 Å². The minimum atomic E-state index is 0.177. The van der Waals surface area contributed by atoms with Crippen LogP contribution in [0.15, 0.2) is 42.7 Å². The Labute approximate surface area is 172 Å². The van der Waals surface area contributed by atoms with E-state index in [0.29, 0.717) is 18.1 Å². The number of hydrogen-bond acceptors (Lipinski definition) is 4. The number of aromatic nitrogens is 3. The highest BCUT2D eigenvalue weighted by molar-refractivity contribution is 5.88. The number of ketones is 1. The maximum absolute atomic E-state index is 12.9. The van der Waals surface area contributed by atoms with Crippen molar-refractivity contribution in [3.05, 3.63) is 48.4 Å². The molecule has 152 valence electrons. The fourth-order valence-electron chi connectivity index (χ4n) is 4.29. The molecule has 29 heavy (non-hydrogen) atoms. The molecule has 0 spiro atoms. The van der Waals surface area contributed by atoms with E-state index in [4.69, 9.17) is 0 Å². The van der Waals surface area contributed by atoms with Crippen LogP contribution >= 0.6 is 0 Å². The van der Waals surface area contributed by atoms with Gasteiger partial charge in [0.15, 0.2) is 0 Å². The molecule has 5 nitrogen and oxygen atoms in total. The zero-order valence-corrected chi connectivity index (χ0v) is 17.6. The molecule has 2 aromatic heterocycles. The summed E-state index contributed by atoms with van der Waals surface area (Å²) in [5, 5.41) is 6.68. The van der Waals surface area contributed by atoms with Crippen molar-refractivity contribution in [2.75, 3.05) is 19.6 Å². The summed E-state index contributed by atoms with van der Waals surface area (Å²) in [7, 11) is 1.92. The predicted molar refractivity (Wildman–Crippen MR) is 117 cm³/mol. The summed E-state index contributed by atoms with van der Waals surface area (Å²) in [6.45, 7) is 7.70. The lowest BCUT2D eigenvalue weighted by atomic mass is 9.89. The Morgan fingerprint density at radius 3 is 2.62 bits per heavy atom. The Morgan fingerprint density at radius 2 is 1.93 bits per heavy atom. The molecule has 0 amide bonds. The molecule has 1 aliphatic rings. The molecule has 4 rings (SSSR count). The maximum atomic E-state index is 12.9. The van der Waals surface area contributed by atoms with Gasteiger partial charge in [-0.2, -0.15) is 5.10 Å². The number of piperidine rings is 1. The first-order valence-electron chi connectivity index (χ1n) is 10.6. The molecule has 0 bridgehead atoms. The molecule has 1 aliphatic heterocycles. The van der Waals surface area contributed by atoms with Crippen molar-refractivity contribution in [1.82, 2.24) is 19.7 Å². The van der Waals surface area contributed by atoms with Crippen LogP contribution in [0, 0.1) is 11.8 Å². The number of fused-ring (bicyclic) bond motifs is 1. The molecule has 0 aliphatic carbocycles. The van der Waals surface area contributed by atoms with Crippen LogP contribution in [0.25, 0.3) is 22.0 Å². The number of benzene rings is 1. The van der Waals surface area contributed by atoms with Crippen LogP contribution in [0.5, 0.6) is 0 Å². The number of hydrogen-bond donors (Lipinski definition) is 0. The number of rotatable bonds is 6. The van der Waals surface area contributed by atoms with E-state index in [9.17, 15) is 4.79 Å². The van der Waals surface area contributed by atoms with E-state index >= 15 is 0 Å². The lowest BCUT2D eigenvalue weighted by molar-refractivity contribution is -0.123. The van der Waals surface area contributed by atoms with Crippen LogP contribution in [0.1, 0.15) is 32.4 Å². The third-order valence-corrected chi connectivity index (χ3v) is 5.81. The van der Waals surface area contributed by atoms with Crippen molar-refractivity contribution in [3.8, 4) is 11.3 Å². The van der Waals surface area contributed by atoms with E-state index < -0.39 is 0 Å². The number of likely N-dealkylation sites (tertiary alicyclic amines) is 1. The lowest BCUT2D eigenvalue weighted by Crippen LogP contribution is -2.38. The largest absolute Gasteiger partial charge is 0.303 e. The Morgan fingerprint density at radius 1 is 1.14 bits per heavy atom. The van der Waals surface area contributed by atoms with E-state index in [2.05, 4.69) is 53.1 Å². The van der Waals surface area contributed by atoms with E-state index in [-0.39, 0.29) is 5.92 Å². The Bertz CT molecular complexity index is 999.